The molecule has 0 radical (unpaired) electrons. The van der Waals surface area contributed by atoms with Crippen LogP contribution in [0.3, 0.4) is 0 Å². The Balaban J connectivity index is 2.46. The van der Waals surface area contributed by atoms with Crippen molar-refractivity contribution < 1.29 is 18.0 Å². The second kappa shape index (κ2) is 4.65. The van der Waals surface area contributed by atoms with Gasteiger partial charge in [-0.3, -0.25) is 9.69 Å². The van der Waals surface area contributed by atoms with Crippen molar-refractivity contribution in [2.24, 2.45) is 0 Å². The van der Waals surface area contributed by atoms with Crippen LogP contribution in [0.15, 0.2) is 12.7 Å². The van der Waals surface area contributed by atoms with Crippen molar-refractivity contribution in [3.05, 3.63) is 12.7 Å². The third-order valence-electron chi connectivity index (χ3n) is 2.16. The fourth-order valence-electron chi connectivity index (χ4n) is 1.48. The molecule has 0 unspecified atom stereocenters. The highest BCUT2D eigenvalue weighted by Crippen LogP contribution is 2.17. The normalized spacial score (nSPS) is 19.4. The van der Waals surface area contributed by atoms with Gasteiger partial charge in [0.05, 0.1) is 6.54 Å². The molecule has 0 aromatic heterocycles. The van der Waals surface area contributed by atoms with E-state index in [0.717, 1.165) is 4.90 Å². The Bertz CT molecular complexity index is 252. The molecule has 0 N–H and O–H groups in total. The molecule has 0 aliphatic carbocycles. The number of rotatable bonds is 3. The van der Waals surface area contributed by atoms with Gasteiger partial charge in [0.15, 0.2) is 0 Å². The van der Waals surface area contributed by atoms with Gasteiger partial charge in [-0.05, 0) is 0 Å². The highest BCUT2D eigenvalue weighted by atomic mass is 19.4. The van der Waals surface area contributed by atoms with Crippen molar-refractivity contribution in [2.45, 2.75) is 6.18 Å². The first-order chi connectivity index (χ1) is 6.92. The zero-order chi connectivity index (χ0) is 11.5. The molecule has 0 saturated carbocycles. The van der Waals surface area contributed by atoms with E-state index in [2.05, 4.69) is 6.58 Å². The number of piperazine rings is 1. The van der Waals surface area contributed by atoms with Crippen LogP contribution in [-0.2, 0) is 4.79 Å². The van der Waals surface area contributed by atoms with E-state index in [1.54, 1.807) is 11.0 Å². The number of hydrogen-bond donors (Lipinski definition) is 0. The summed E-state index contributed by atoms with van der Waals surface area (Å²) >= 11 is 0. The maximum absolute atomic E-state index is 12.0. The van der Waals surface area contributed by atoms with E-state index in [1.807, 2.05) is 0 Å². The van der Waals surface area contributed by atoms with Crippen LogP contribution < -0.4 is 0 Å². The Labute approximate surface area is 86.1 Å². The van der Waals surface area contributed by atoms with E-state index in [-0.39, 0.29) is 13.1 Å². The molecular formula is C9H13F3N2O. The summed E-state index contributed by atoms with van der Waals surface area (Å²) in [5.74, 6) is -0.472. The predicted octanol–water partition coefficient (Wildman–Crippen LogP) is 0.879. The van der Waals surface area contributed by atoms with Crippen LogP contribution in [0.25, 0.3) is 0 Å². The number of hydrogen-bond acceptors (Lipinski definition) is 2. The van der Waals surface area contributed by atoms with Gasteiger partial charge in [-0.25, -0.2) is 0 Å². The molecule has 0 aromatic rings. The monoisotopic (exact) mass is 222 g/mol. The van der Waals surface area contributed by atoms with Crippen molar-refractivity contribution in [1.82, 2.24) is 9.80 Å². The van der Waals surface area contributed by atoms with E-state index >= 15 is 0 Å². The lowest BCUT2D eigenvalue weighted by Crippen LogP contribution is -2.52. The topological polar surface area (TPSA) is 23.6 Å². The molecule has 1 amide bonds. The minimum atomic E-state index is -4.31. The molecule has 6 heteroatoms. The third-order valence-corrected chi connectivity index (χ3v) is 2.16. The SMILES string of the molecule is C=CCN1CCN(CC(F)(F)F)C(=O)C1. The van der Waals surface area contributed by atoms with E-state index in [9.17, 15) is 18.0 Å². The molecule has 1 fully saturated rings. The Hall–Kier alpha value is -1.04. The summed E-state index contributed by atoms with van der Waals surface area (Å²) in [6, 6.07) is 0. The zero-order valence-corrected chi connectivity index (χ0v) is 8.26. The summed E-state index contributed by atoms with van der Waals surface area (Å²) in [7, 11) is 0. The molecule has 1 saturated heterocycles. The lowest BCUT2D eigenvalue weighted by atomic mass is 10.3. The lowest BCUT2D eigenvalue weighted by molar-refractivity contribution is -0.165. The summed E-state index contributed by atoms with van der Waals surface area (Å²) in [6.07, 6.45) is -2.68. The zero-order valence-electron chi connectivity index (χ0n) is 8.26. The molecule has 86 valence electrons. The number of carbonyl (C=O) groups is 1. The molecule has 15 heavy (non-hydrogen) atoms. The first-order valence-corrected chi connectivity index (χ1v) is 4.60. The number of amides is 1. The summed E-state index contributed by atoms with van der Waals surface area (Å²) in [6.45, 7) is 3.54. The first-order valence-electron chi connectivity index (χ1n) is 4.60. The van der Waals surface area contributed by atoms with Crippen LogP contribution in [0.2, 0.25) is 0 Å². The van der Waals surface area contributed by atoms with Crippen molar-refractivity contribution in [3.8, 4) is 0 Å². The summed E-state index contributed by atoms with van der Waals surface area (Å²) in [4.78, 5) is 13.9. The van der Waals surface area contributed by atoms with Gasteiger partial charge in [-0.1, -0.05) is 6.08 Å². The molecule has 0 bridgehead atoms. The molecular weight excluding hydrogens is 209 g/mol. The Morgan fingerprint density at radius 2 is 2.07 bits per heavy atom. The first kappa shape index (κ1) is 12.0. The van der Waals surface area contributed by atoms with Crippen LogP contribution in [0.5, 0.6) is 0 Å². The quantitative estimate of drug-likeness (QED) is 0.662. The standard InChI is InChI=1S/C9H13F3N2O/c1-2-3-13-4-5-14(8(15)6-13)7-9(10,11)12/h2H,1,3-7H2. The maximum atomic E-state index is 12.0. The maximum Gasteiger partial charge on any atom is 0.406 e. The van der Waals surface area contributed by atoms with Gasteiger partial charge in [0.2, 0.25) is 5.91 Å². The van der Waals surface area contributed by atoms with Gasteiger partial charge in [0, 0.05) is 19.6 Å². The number of halogens is 3. The van der Waals surface area contributed by atoms with Gasteiger partial charge in [0.1, 0.15) is 6.54 Å². The number of alkyl halides is 3. The van der Waals surface area contributed by atoms with E-state index in [4.69, 9.17) is 0 Å². The minimum absolute atomic E-state index is 0.0437. The molecule has 1 rings (SSSR count). The van der Waals surface area contributed by atoms with Crippen LogP contribution in [0, 0.1) is 0 Å². The largest absolute Gasteiger partial charge is 0.406 e. The Morgan fingerprint density at radius 1 is 1.40 bits per heavy atom. The van der Waals surface area contributed by atoms with Gasteiger partial charge < -0.3 is 4.90 Å². The van der Waals surface area contributed by atoms with E-state index < -0.39 is 18.6 Å². The average Bonchev–Trinajstić information content (AvgIpc) is 2.08. The fourth-order valence-corrected chi connectivity index (χ4v) is 1.48. The summed E-state index contributed by atoms with van der Waals surface area (Å²) < 4.78 is 36.1. The van der Waals surface area contributed by atoms with Crippen LogP contribution in [-0.4, -0.2) is 54.6 Å². The molecule has 1 heterocycles. The Morgan fingerprint density at radius 3 is 2.53 bits per heavy atom. The minimum Gasteiger partial charge on any atom is -0.331 e. The molecule has 1 aliphatic heterocycles. The summed E-state index contributed by atoms with van der Waals surface area (Å²) in [5.41, 5.74) is 0. The molecule has 0 atom stereocenters. The van der Waals surface area contributed by atoms with Gasteiger partial charge in [0.25, 0.3) is 0 Å². The predicted molar refractivity (Wildman–Crippen MR) is 49.3 cm³/mol. The van der Waals surface area contributed by atoms with Crippen molar-refractivity contribution >= 4 is 5.91 Å². The second-order valence-corrected chi connectivity index (χ2v) is 3.45. The Kier molecular flexibility index (Phi) is 3.73. The van der Waals surface area contributed by atoms with Gasteiger partial charge >= 0.3 is 6.18 Å². The lowest BCUT2D eigenvalue weighted by Gasteiger charge is -2.34. The van der Waals surface area contributed by atoms with Crippen LogP contribution >= 0.6 is 0 Å². The molecule has 0 spiro atoms. The average molecular weight is 222 g/mol. The molecule has 1 aliphatic rings. The number of carbonyl (C=O) groups excluding carboxylic acids is 1. The van der Waals surface area contributed by atoms with Crippen molar-refractivity contribution in [1.29, 1.82) is 0 Å². The van der Waals surface area contributed by atoms with Crippen molar-refractivity contribution in [2.75, 3.05) is 32.7 Å². The van der Waals surface area contributed by atoms with Gasteiger partial charge in [-0.15, -0.1) is 6.58 Å². The van der Waals surface area contributed by atoms with Crippen LogP contribution in [0.4, 0.5) is 13.2 Å². The smallest absolute Gasteiger partial charge is 0.331 e. The van der Waals surface area contributed by atoms with E-state index in [0.29, 0.717) is 13.1 Å². The second-order valence-electron chi connectivity index (χ2n) is 3.45. The van der Waals surface area contributed by atoms with Crippen molar-refractivity contribution in [3.63, 3.8) is 0 Å². The summed E-state index contributed by atoms with van der Waals surface area (Å²) in [5, 5.41) is 0. The molecule has 0 aromatic carbocycles. The van der Waals surface area contributed by atoms with E-state index in [1.165, 1.54) is 0 Å². The fraction of sp³-hybridized carbons (Fsp3) is 0.667. The highest BCUT2D eigenvalue weighted by molar-refractivity contribution is 5.79. The highest BCUT2D eigenvalue weighted by Gasteiger charge is 2.34. The van der Waals surface area contributed by atoms with Gasteiger partial charge in [-0.2, -0.15) is 13.2 Å². The third kappa shape index (κ3) is 3.91. The number of nitrogens with zero attached hydrogens (tertiary/aromatic N) is 2. The van der Waals surface area contributed by atoms with Crippen LogP contribution in [0.1, 0.15) is 0 Å². The molecule has 3 nitrogen and oxygen atoms in total.